The summed E-state index contributed by atoms with van der Waals surface area (Å²) in [5.74, 6) is -0.109. The molecule has 2 aromatic rings. The number of hydrogen-bond donors (Lipinski definition) is 3. The molecule has 0 bridgehead atoms. The van der Waals surface area contributed by atoms with Crippen LogP contribution in [0.25, 0.3) is 10.9 Å². The second-order valence-electron chi connectivity index (χ2n) is 3.95. The zero-order valence-electron chi connectivity index (χ0n) is 9.67. The highest BCUT2D eigenvalue weighted by Crippen LogP contribution is 2.09. The lowest BCUT2D eigenvalue weighted by molar-refractivity contribution is 0.0953. The van der Waals surface area contributed by atoms with E-state index in [0.29, 0.717) is 23.0 Å². The Balaban J connectivity index is 2.18. The summed E-state index contributed by atoms with van der Waals surface area (Å²) in [6.07, 6.45) is 2.01. The number of benzene rings is 1. The van der Waals surface area contributed by atoms with Crippen LogP contribution < -0.4 is 10.9 Å². The summed E-state index contributed by atoms with van der Waals surface area (Å²) in [5.41, 5.74) is 1.04. The number of hydrogen-bond acceptors (Lipinski definition) is 2. The molecule has 0 saturated carbocycles. The number of fused-ring (bicyclic) bond motifs is 1. The summed E-state index contributed by atoms with van der Waals surface area (Å²) in [6.45, 7) is 2.75. The maximum absolute atomic E-state index is 11.8. The van der Waals surface area contributed by atoms with Crippen molar-refractivity contribution in [2.24, 2.45) is 0 Å². The van der Waals surface area contributed by atoms with Crippen molar-refractivity contribution in [3.05, 3.63) is 34.1 Å². The number of H-pyrrole nitrogens is 2. The van der Waals surface area contributed by atoms with Crippen molar-refractivity contribution >= 4 is 16.8 Å². The molecule has 0 spiro atoms. The van der Waals surface area contributed by atoms with Crippen molar-refractivity contribution in [3.8, 4) is 0 Å². The van der Waals surface area contributed by atoms with Crippen molar-refractivity contribution in [2.75, 3.05) is 6.54 Å². The maximum atomic E-state index is 11.8. The number of nitrogens with one attached hydrogen (secondary N) is 3. The molecule has 0 aliphatic carbocycles. The van der Waals surface area contributed by atoms with E-state index in [9.17, 15) is 9.59 Å². The van der Waals surface area contributed by atoms with Crippen molar-refractivity contribution < 1.29 is 4.79 Å². The summed E-state index contributed by atoms with van der Waals surface area (Å²) in [5, 5.41) is 8.61. The molecule has 5 nitrogen and oxygen atoms in total. The van der Waals surface area contributed by atoms with Gasteiger partial charge in [0.1, 0.15) is 0 Å². The molecule has 3 N–H and O–H groups in total. The van der Waals surface area contributed by atoms with Gasteiger partial charge in [0.25, 0.3) is 11.5 Å². The summed E-state index contributed by atoms with van der Waals surface area (Å²) < 4.78 is 0. The van der Waals surface area contributed by atoms with Crippen LogP contribution in [0.3, 0.4) is 0 Å². The maximum Gasteiger partial charge on any atom is 0.271 e. The first-order valence-corrected chi connectivity index (χ1v) is 5.71. The first-order chi connectivity index (χ1) is 8.22. The van der Waals surface area contributed by atoms with Crippen LogP contribution in [0, 0.1) is 0 Å². The van der Waals surface area contributed by atoms with Gasteiger partial charge >= 0.3 is 0 Å². The van der Waals surface area contributed by atoms with E-state index in [2.05, 4.69) is 22.4 Å². The Morgan fingerprint density at radius 2 is 2.18 bits per heavy atom. The van der Waals surface area contributed by atoms with Gasteiger partial charge in [0.05, 0.1) is 10.9 Å². The first kappa shape index (κ1) is 11.4. The molecule has 2 rings (SSSR count). The number of aromatic nitrogens is 2. The van der Waals surface area contributed by atoms with Crippen LogP contribution in [-0.4, -0.2) is 22.6 Å². The van der Waals surface area contributed by atoms with Gasteiger partial charge in [0, 0.05) is 12.1 Å². The quantitative estimate of drug-likeness (QED) is 0.698. The Bertz CT molecular complexity index is 583. The van der Waals surface area contributed by atoms with Gasteiger partial charge in [-0.3, -0.25) is 19.8 Å². The van der Waals surface area contributed by atoms with E-state index in [0.717, 1.165) is 12.8 Å². The van der Waals surface area contributed by atoms with Crippen LogP contribution in [0.1, 0.15) is 30.1 Å². The molecule has 0 aliphatic heterocycles. The molecule has 0 unspecified atom stereocenters. The zero-order chi connectivity index (χ0) is 12.3. The minimum Gasteiger partial charge on any atom is -0.352 e. The van der Waals surface area contributed by atoms with Gasteiger partial charge in [-0.1, -0.05) is 13.3 Å². The average Bonchev–Trinajstić information content (AvgIpc) is 2.71. The molecular weight excluding hydrogens is 218 g/mol. The second kappa shape index (κ2) is 4.86. The Labute approximate surface area is 98.2 Å². The fourth-order valence-corrected chi connectivity index (χ4v) is 1.66. The second-order valence-corrected chi connectivity index (χ2v) is 3.95. The summed E-state index contributed by atoms with van der Waals surface area (Å²) in [6, 6.07) is 4.99. The van der Waals surface area contributed by atoms with Crippen molar-refractivity contribution in [3.63, 3.8) is 0 Å². The van der Waals surface area contributed by atoms with E-state index in [1.54, 1.807) is 18.2 Å². The normalized spacial score (nSPS) is 10.6. The minimum absolute atomic E-state index is 0.109. The third-order valence-corrected chi connectivity index (χ3v) is 2.65. The smallest absolute Gasteiger partial charge is 0.271 e. The highest BCUT2D eigenvalue weighted by Gasteiger charge is 2.07. The standard InChI is InChI=1S/C12H15N3O2/c1-2-3-6-13-11(16)8-4-5-9-10(7-8)14-15-12(9)17/h4-5,7H,2-3,6H2,1H3,(H,13,16)(H2,14,15,17). The molecular formula is C12H15N3O2. The molecule has 0 saturated heterocycles. The summed E-state index contributed by atoms with van der Waals surface area (Å²) in [7, 11) is 0. The van der Waals surface area contributed by atoms with Crippen LogP contribution in [-0.2, 0) is 0 Å². The number of unbranched alkanes of at least 4 members (excludes halogenated alkanes) is 1. The van der Waals surface area contributed by atoms with Crippen molar-refractivity contribution in [2.45, 2.75) is 19.8 Å². The van der Waals surface area contributed by atoms with Gasteiger partial charge in [0.15, 0.2) is 0 Å². The van der Waals surface area contributed by atoms with Crippen LogP contribution in [0.4, 0.5) is 0 Å². The molecule has 1 aromatic heterocycles. The van der Waals surface area contributed by atoms with Crippen LogP contribution >= 0.6 is 0 Å². The third-order valence-electron chi connectivity index (χ3n) is 2.65. The molecule has 1 amide bonds. The third kappa shape index (κ3) is 2.38. The van der Waals surface area contributed by atoms with E-state index >= 15 is 0 Å². The van der Waals surface area contributed by atoms with Gasteiger partial charge in [-0.15, -0.1) is 0 Å². The van der Waals surface area contributed by atoms with E-state index in [1.165, 1.54) is 0 Å². The minimum atomic E-state index is -0.169. The molecule has 1 heterocycles. The van der Waals surface area contributed by atoms with Crippen LogP contribution in [0.2, 0.25) is 0 Å². The number of rotatable bonds is 4. The Morgan fingerprint density at radius 3 is 2.94 bits per heavy atom. The average molecular weight is 233 g/mol. The molecule has 0 aliphatic rings. The zero-order valence-corrected chi connectivity index (χ0v) is 9.67. The Morgan fingerprint density at radius 1 is 1.35 bits per heavy atom. The van der Waals surface area contributed by atoms with E-state index in [1.807, 2.05) is 0 Å². The van der Waals surface area contributed by atoms with Crippen LogP contribution in [0.15, 0.2) is 23.0 Å². The van der Waals surface area contributed by atoms with Gasteiger partial charge in [-0.2, -0.15) is 0 Å². The summed E-state index contributed by atoms with van der Waals surface area (Å²) >= 11 is 0. The van der Waals surface area contributed by atoms with Gasteiger partial charge in [-0.05, 0) is 24.6 Å². The Kier molecular flexibility index (Phi) is 3.27. The fraction of sp³-hybridized carbons (Fsp3) is 0.333. The SMILES string of the molecule is CCCCNC(=O)c1ccc2c(=O)[nH][nH]c2c1. The molecule has 0 atom stereocenters. The molecule has 90 valence electrons. The molecule has 0 radical (unpaired) electrons. The predicted molar refractivity (Wildman–Crippen MR) is 66.2 cm³/mol. The monoisotopic (exact) mass is 233 g/mol. The van der Waals surface area contributed by atoms with E-state index < -0.39 is 0 Å². The number of amides is 1. The topological polar surface area (TPSA) is 77.8 Å². The molecule has 0 fully saturated rings. The van der Waals surface area contributed by atoms with Gasteiger partial charge in [0.2, 0.25) is 0 Å². The lowest BCUT2D eigenvalue weighted by Gasteiger charge is -2.03. The van der Waals surface area contributed by atoms with E-state index in [4.69, 9.17) is 0 Å². The van der Waals surface area contributed by atoms with Gasteiger partial charge in [-0.25, -0.2) is 0 Å². The number of carbonyl (C=O) groups excluding carboxylic acids is 1. The fourth-order valence-electron chi connectivity index (χ4n) is 1.66. The highest BCUT2D eigenvalue weighted by molar-refractivity contribution is 5.97. The predicted octanol–water partition coefficient (Wildman–Crippen LogP) is 1.39. The molecule has 5 heteroatoms. The molecule has 1 aromatic carbocycles. The molecule has 17 heavy (non-hydrogen) atoms. The van der Waals surface area contributed by atoms with Gasteiger partial charge < -0.3 is 5.32 Å². The van der Waals surface area contributed by atoms with Crippen LogP contribution in [0.5, 0.6) is 0 Å². The van der Waals surface area contributed by atoms with E-state index in [-0.39, 0.29) is 11.5 Å². The van der Waals surface area contributed by atoms with Crippen molar-refractivity contribution in [1.82, 2.24) is 15.5 Å². The van der Waals surface area contributed by atoms with Crippen molar-refractivity contribution in [1.29, 1.82) is 0 Å². The largest absolute Gasteiger partial charge is 0.352 e. The summed E-state index contributed by atoms with van der Waals surface area (Å²) in [4.78, 5) is 23.0. The lowest BCUT2D eigenvalue weighted by Crippen LogP contribution is -2.24. The first-order valence-electron chi connectivity index (χ1n) is 5.71. The lowest BCUT2D eigenvalue weighted by atomic mass is 10.1. The highest BCUT2D eigenvalue weighted by atomic mass is 16.1. The Hall–Kier alpha value is -2.04. The number of carbonyl (C=O) groups is 1. The number of aromatic amines is 2.